The van der Waals surface area contributed by atoms with Gasteiger partial charge in [0.2, 0.25) is 0 Å². The zero-order chi connectivity index (χ0) is 20.2. The fraction of sp³-hybridized carbons (Fsp3) is 0. The number of nitriles is 1. The van der Waals surface area contributed by atoms with Gasteiger partial charge in [0.05, 0.1) is 34.9 Å². The standard InChI is InChI=1S/C26H13N3O/c1-28-17-10-13-22(16(14-17)15-27)29-23-8-4-2-6-18(23)20-11-12-21-19-7-3-5-9-24(19)30-26(21)25(20)29/h2-14H. The lowest BCUT2D eigenvalue weighted by molar-refractivity contribution is 0.671. The van der Waals surface area contributed by atoms with Crippen LogP contribution >= 0.6 is 0 Å². The molecule has 0 radical (unpaired) electrons. The molecule has 0 aliphatic rings. The van der Waals surface area contributed by atoms with Crippen LogP contribution in [0.25, 0.3) is 54.3 Å². The van der Waals surface area contributed by atoms with Crippen LogP contribution in [0.5, 0.6) is 0 Å². The number of para-hydroxylation sites is 2. The molecule has 4 heteroatoms. The largest absolute Gasteiger partial charge is 0.454 e. The van der Waals surface area contributed by atoms with Crippen LogP contribution in [0, 0.1) is 17.9 Å². The quantitative estimate of drug-likeness (QED) is 0.284. The molecular formula is C26H13N3O. The van der Waals surface area contributed by atoms with Crippen LogP contribution in [0.4, 0.5) is 5.69 Å². The summed E-state index contributed by atoms with van der Waals surface area (Å²) in [5.41, 5.74) is 5.20. The van der Waals surface area contributed by atoms with Crippen molar-refractivity contribution in [1.29, 1.82) is 5.26 Å². The van der Waals surface area contributed by atoms with Crippen LogP contribution < -0.4 is 0 Å². The summed E-state index contributed by atoms with van der Waals surface area (Å²) in [5.74, 6) is 0. The highest BCUT2D eigenvalue weighted by Gasteiger charge is 2.20. The van der Waals surface area contributed by atoms with E-state index in [9.17, 15) is 5.26 Å². The summed E-state index contributed by atoms with van der Waals surface area (Å²) in [5, 5.41) is 14.1. The van der Waals surface area contributed by atoms with Gasteiger partial charge in [-0.2, -0.15) is 5.26 Å². The van der Waals surface area contributed by atoms with E-state index < -0.39 is 0 Å². The normalized spacial score (nSPS) is 11.3. The van der Waals surface area contributed by atoms with E-state index in [4.69, 9.17) is 11.0 Å². The second-order valence-corrected chi connectivity index (χ2v) is 7.21. The van der Waals surface area contributed by atoms with E-state index in [2.05, 4.69) is 39.7 Å². The topological polar surface area (TPSA) is 46.2 Å². The van der Waals surface area contributed by atoms with Crippen molar-refractivity contribution in [3.8, 4) is 11.8 Å². The third kappa shape index (κ3) is 2.08. The minimum absolute atomic E-state index is 0.449. The third-order valence-electron chi connectivity index (χ3n) is 5.65. The summed E-state index contributed by atoms with van der Waals surface area (Å²) >= 11 is 0. The maximum absolute atomic E-state index is 9.82. The number of nitrogens with zero attached hydrogens (tertiary/aromatic N) is 3. The molecule has 0 aliphatic heterocycles. The smallest absolute Gasteiger partial charge is 0.188 e. The molecule has 6 rings (SSSR count). The fourth-order valence-corrected chi connectivity index (χ4v) is 4.36. The predicted octanol–water partition coefficient (Wildman–Crippen LogP) is 7.11. The Morgan fingerprint density at radius 2 is 1.60 bits per heavy atom. The Balaban J connectivity index is 1.88. The molecule has 2 aromatic heterocycles. The molecule has 4 aromatic carbocycles. The number of hydrogen-bond acceptors (Lipinski definition) is 2. The molecule has 6 aromatic rings. The van der Waals surface area contributed by atoms with Gasteiger partial charge in [0, 0.05) is 21.5 Å². The Bertz CT molecular complexity index is 1720. The Labute approximate surface area is 171 Å². The molecule has 0 saturated heterocycles. The number of rotatable bonds is 1. The van der Waals surface area contributed by atoms with E-state index in [1.54, 1.807) is 12.1 Å². The lowest BCUT2D eigenvalue weighted by Crippen LogP contribution is -1.97. The van der Waals surface area contributed by atoms with Gasteiger partial charge in [0.1, 0.15) is 5.58 Å². The average Bonchev–Trinajstić information content (AvgIpc) is 3.34. The highest BCUT2D eigenvalue weighted by molar-refractivity contribution is 6.21. The summed E-state index contributed by atoms with van der Waals surface area (Å²) in [6, 6.07) is 27.9. The maximum atomic E-state index is 9.82. The molecule has 0 saturated carbocycles. The van der Waals surface area contributed by atoms with Crippen LogP contribution in [-0.4, -0.2) is 4.57 Å². The van der Waals surface area contributed by atoms with Crippen molar-refractivity contribution in [2.45, 2.75) is 0 Å². The number of furan rings is 1. The summed E-state index contributed by atoms with van der Waals surface area (Å²) in [4.78, 5) is 3.48. The number of benzene rings is 4. The molecule has 0 aliphatic carbocycles. The molecule has 0 fully saturated rings. The molecule has 0 amide bonds. The first-order chi connectivity index (χ1) is 14.8. The van der Waals surface area contributed by atoms with Gasteiger partial charge in [-0.3, -0.25) is 0 Å². The monoisotopic (exact) mass is 383 g/mol. The van der Waals surface area contributed by atoms with Gasteiger partial charge in [-0.25, -0.2) is 4.85 Å². The number of fused-ring (bicyclic) bond motifs is 7. The summed E-state index contributed by atoms with van der Waals surface area (Å²) in [6.45, 7) is 7.29. The molecule has 0 bridgehead atoms. The van der Waals surface area contributed by atoms with Crippen molar-refractivity contribution in [2.75, 3.05) is 0 Å². The summed E-state index contributed by atoms with van der Waals surface area (Å²) in [7, 11) is 0. The number of hydrogen-bond donors (Lipinski definition) is 0. The first kappa shape index (κ1) is 16.4. The molecule has 30 heavy (non-hydrogen) atoms. The van der Waals surface area contributed by atoms with E-state index in [0.717, 1.165) is 49.4 Å². The fourth-order valence-electron chi connectivity index (χ4n) is 4.36. The Morgan fingerprint density at radius 1 is 0.833 bits per heavy atom. The highest BCUT2D eigenvalue weighted by atomic mass is 16.3. The van der Waals surface area contributed by atoms with Crippen LogP contribution in [0.3, 0.4) is 0 Å². The van der Waals surface area contributed by atoms with Gasteiger partial charge in [-0.15, -0.1) is 0 Å². The van der Waals surface area contributed by atoms with Crippen molar-refractivity contribution < 1.29 is 4.42 Å². The van der Waals surface area contributed by atoms with Gasteiger partial charge in [-0.05, 0) is 30.3 Å². The van der Waals surface area contributed by atoms with Crippen LogP contribution in [0.15, 0.2) is 83.3 Å². The van der Waals surface area contributed by atoms with E-state index in [-0.39, 0.29) is 0 Å². The van der Waals surface area contributed by atoms with Crippen molar-refractivity contribution in [3.63, 3.8) is 0 Å². The second-order valence-electron chi connectivity index (χ2n) is 7.21. The highest BCUT2D eigenvalue weighted by Crippen LogP contribution is 2.40. The minimum atomic E-state index is 0.449. The van der Waals surface area contributed by atoms with Crippen LogP contribution in [0.1, 0.15) is 5.56 Å². The summed E-state index contributed by atoms with van der Waals surface area (Å²) < 4.78 is 8.41. The van der Waals surface area contributed by atoms with Crippen molar-refractivity contribution in [2.24, 2.45) is 0 Å². The van der Waals surface area contributed by atoms with Crippen LogP contribution in [-0.2, 0) is 0 Å². The SMILES string of the molecule is [C-]#[N+]c1ccc(-n2c3ccccc3c3ccc4c5ccccc5oc4c32)c(C#N)c1. The van der Waals surface area contributed by atoms with Gasteiger partial charge in [-0.1, -0.05) is 48.5 Å². The predicted molar refractivity (Wildman–Crippen MR) is 119 cm³/mol. The van der Waals surface area contributed by atoms with E-state index in [1.165, 1.54) is 0 Å². The summed E-state index contributed by atoms with van der Waals surface area (Å²) in [6.07, 6.45) is 0. The van der Waals surface area contributed by atoms with Crippen molar-refractivity contribution in [1.82, 2.24) is 4.57 Å². The first-order valence-electron chi connectivity index (χ1n) is 9.55. The van der Waals surface area contributed by atoms with Crippen molar-refractivity contribution >= 4 is 49.4 Å². The Morgan fingerprint density at radius 3 is 2.43 bits per heavy atom. The lowest BCUT2D eigenvalue weighted by Gasteiger charge is -2.10. The number of aromatic nitrogens is 1. The van der Waals surface area contributed by atoms with E-state index >= 15 is 0 Å². The average molecular weight is 383 g/mol. The van der Waals surface area contributed by atoms with Gasteiger partial charge in [0.15, 0.2) is 11.3 Å². The Kier molecular flexibility index (Phi) is 3.27. The van der Waals surface area contributed by atoms with Crippen molar-refractivity contribution in [3.05, 3.63) is 95.8 Å². The molecule has 0 atom stereocenters. The Hall–Kier alpha value is -4.54. The third-order valence-corrected chi connectivity index (χ3v) is 5.65. The first-order valence-corrected chi connectivity index (χ1v) is 9.55. The minimum Gasteiger partial charge on any atom is -0.454 e. The molecular weight excluding hydrogens is 370 g/mol. The molecule has 2 heterocycles. The maximum Gasteiger partial charge on any atom is 0.188 e. The zero-order valence-electron chi connectivity index (χ0n) is 15.8. The van der Waals surface area contributed by atoms with Gasteiger partial charge < -0.3 is 8.98 Å². The molecule has 4 nitrogen and oxygen atoms in total. The molecule has 0 unspecified atom stereocenters. The molecule has 0 N–H and O–H groups in total. The van der Waals surface area contributed by atoms with E-state index in [0.29, 0.717) is 11.3 Å². The van der Waals surface area contributed by atoms with Crippen LogP contribution in [0.2, 0.25) is 0 Å². The van der Waals surface area contributed by atoms with E-state index in [1.807, 2.05) is 42.5 Å². The zero-order valence-corrected chi connectivity index (χ0v) is 15.8. The lowest BCUT2D eigenvalue weighted by atomic mass is 10.1. The van der Waals surface area contributed by atoms with Gasteiger partial charge >= 0.3 is 0 Å². The second kappa shape index (κ2) is 5.98. The molecule has 138 valence electrons. The molecule has 0 spiro atoms. The van der Waals surface area contributed by atoms with Gasteiger partial charge in [0.25, 0.3) is 0 Å².